The number of carbonyl (C=O) groups is 1. The number of hydrogen-bond donors (Lipinski definition) is 0. The van der Waals surface area contributed by atoms with Crippen LogP contribution in [0.4, 0.5) is 10.1 Å². The van der Waals surface area contributed by atoms with E-state index in [0.29, 0.717) is 24.3 Å². The van der Waals surface area contributed by atoms with E-state index in [4.69, 9.17) is 4.74 Å². The number of benzene rings is 2. The minimum atomic E-state index is -0.264. The van der Waals surface area contributed by atoms with Crippen LogP contribution in [0.25, 0.3) is 0 Å². The molecule has 0 unspecified atom stereocenters. The van der Waals surface area contributed by atoms with Gasteiger partial charge in [0.1, 0.15) is 11.6 Å². The molecule has 0 atom stereocenters. The van der Waals surface area contributed by atoms with Crippen LogP contribution in [0.2, 0.25) is 0 Å². The molecule has 2 aromatic carbocycles. The fourth-order valence-electron chi connectivity index (χ4n) is 2.49. The van der Waals surface area contributed by atoms with E-state index in [1.165, 1.54) is 12.1 Å². The highest BCUT2D eigenvalue weighted by Crippen LogP contribution is 2.30. The molecule has 0 saturated carbocycles. The van der Waals surface area contributed by atoms with Gasteiger partial charge in [-0.05, 0) is 48.4 Å². The summed E-state index contributed by atoms with van der Waals surface area (Å²) in [5.74, 6) is 0.295. The van der Waals surface area contributed by atoms with Crippen LogP contribution in [0.1, 0.15) is 15.9 Å². The summed E-state index contributed by atoms with van der Waals surface area (Å²) in [6, 6.07) is 11.6. The van der Waals surface area contributed by atoms with Gasteiger partial charge < -0.3 is 9.64 Å². The molecule has 0 aliphatic carbocycles. The van der Waals surface area contributed by atoms with Crippen molar-refractivity contribution in [2.24, 2.45) is 0 Å². The predicted molar refractivity (Wildman–Crippen MR) is 74.8 cm³/mol. The summed E-state index contributed by atoms with van der Waals surface area (Å²) in [7, 11) is 1.57. The number of methoxy groups -OCH3 is 1. The number of nitrogens with zero attached hydrogens (tertiary/aromatic N) is 1. The van der Waals surface area contributed by atoms with Crippen molar-refractivity contribution in [3.63, 3.8) is 0 Å². The van der Waals surface area contributed by atoms with Crippen molar-refractivity contribution in [3.8, 4) is 5.75 Å². The zero-order valence-electron chi connectivity index (χ0n) is 11.1. The molecule has 1 aliphatic rings. The molecule has 4 heteroatoms. The van der Waals surface area contributed by atoms with E-state index in [1.54, 1.807) is 42.3 Å². The molecule has 20 heavy (non-hydrogen) atoms. The predicted octanol–water partition coefficient (Wildman–Crippen LogP) is 3.04. The molecule has 1 heterocycles. The van der Waals surface area contributed by atoms with Gasteiger partial charge in [0.25, 0.3) is 5.91 Å². The summed E-state index contributed by atoms with van der Waals surface area (Å²) in [5.41, 5.74) is 2.24. The molecule has 0 radical (unpaired) electrons. The van der Waals surface area contributed by atoms with Crippen molar-refractivity contribution in [2.75, 3.05) is 18.6 Å². The van der Waals surface area contributed by atoms with Gasteiger partial charge in [-0.3, -0.25) is 4.79 Å². The number of carbonyl (C=O) groups excluding carboxylic acids is 1. The molecule has 0 saturated heterocycles. The van der Waals surface area contributed by atoms with Crippen LogP contribution in [-0.4, -0.2) is 19.6 Å². The lowest BCUT2D eigenvalue weighted by molar-refractivity contribution is 0.0989. The van der Waals surface area contributed by atoms with Gasteiger partial charge in [0, 0.05) is 17.8 Å². The summed E-state index contributed by atoms with van der Waals surface area (Å²) < 4.78 is 18.3. The Bertz CT molecular complexity index is 669. The highest BCUT2D eigenvalue weighted by Gasteiger charge is 2.25. The van der Waals surface area contributed by atoms with E-state index in [1.807, 2.05) is 0 Å². The Morgan fingerprint density at radius 3 is 2.90 bits per heavy atom. The molecule has 3 nitrogen and oxygen atoms in total. The Kier molecular flexibility index (Phi) is 3.14. The summed E-state index contributed by atoms with van der Waals surface area (Å²) in [6.07, 6.45) is 0.683. The number of anilines is 1. The second-order valence-corrected chi connectivity index (χ2v) is 4.71. The molecule has 0 N–H and O–H groups in total. The third-order valence-corrected chi connectivity index (χ3v) is 3.50. The second kappa shape index (κ2) is 4.96. The fourth-order valence-corrected chi connectivity index (χ4v) is 2.49. The van der Waals surface area contributed by atoms with Crippen molar-refractivity contribution in [1.82, 2.24) is 0 Å². The van der Waals surface area contributed by atoms with Gasteiger partial charge in [0.2, 0.25) is 0 Å². The van der Waals surface area contributed by atoms with Crippen LogP contribution in [0.5, 0.6) is 5.75 Å². The normalized spacial score (nSPS) is 13.2. The molecule has 1 aliphatic heterocycles. The Labute approximate surface area is 116 Å². The van der Waals surface area contributed by atoms with Gasteiger partial charge in [-0.1, -0.05) is 6.07 Å². The lowest BCUT2D eigenvalue weighted by Crippen LogP contribution is -2.28. The summed E-state index contributed by atoms with van der Waals surface area (Å²) >= 11 is 0. The van der Waals surface area contributed by atoms with Crippen molar-refractivity contribution < 1.29 is 13.9 Å². The summed E-state index contributed by atoms with van der Waals surface area (Å²) in [6.45, 7) is 0.578. The zero-order chi connectivity index (χ0) is 14.1. The van der Waals surface area contributed by atoms with Gasteiger partial charge in [0.05, 0.1) is 7.11 Å². The average molecular weight is 271 g/mol. The van der Waals surface area contributed by atoms with Gasteiger partial charge in [0.15, 0.2) is 0 Å². The Morgan fingerprint density at radius 2 is 2.10 bits per heavy atom. The van der Waals surface area contributed by atoms with Crippen LogP contribution in [0.15, 0.2) is 42.5 Å². The van der Waals surface area contributed by atoms with Crippen LogP contribution in [-0.2, 0) is 6.42 Å². The lowest BCUT2D eigenvalue weighted by atomic mass is 10.1. The molecular formula is C16H14FNO2. The largest absolute Gasteiger partial charge is 0.497 e. The molecule has 1 amide bonds. The number of halogens is 1. The van der Waals surface area contributed by atoms with E-state index in [-0.39, 0.29) is 11.7 Å². The van der Waals surface area contributed by atoms with Crippen LogP contribution < -0.4 is 9.64 Å². The molecule has 0 bridgehead atoms. The SMILES string of the molecule is COc1cccc(C(=O)N2CCc3cc(F)ccc32)c1. The number of amides is 1. The summed E-state index contributed by atoms with van der Waals surface area (Å²) in [5, 5.41) is 0. The Morgan fingerprint density at radius 1 is 1.25 bits per heavy atom. The van der Waals surface area contributed by atoms with Crippen molar-refractivity contribution in [3.05, 3.63) is 59.4 Å². The molecule has 0 aromatic heterocycles. The standard InChI is InChI=1S/C16H14FNO2/c1-20-14-4-2-3-12(10-14)16(19)18-8-7-11-9-13(17)5-6-15(11)18/h2-6,9-10H,7-8H2,1H3. The van der Waals surface area contributed by atoms with Gasteiger partial charge in [-0.15, -0.1) is 0 Å². The molecule has 2 aromatic rings. The number of fused-ring (bicyclic) bond motifs is 1. The molecule has 0 spiro atoms. The van der Waals surface area contributed by atoms with Gasteiger partial charge >= 0.3 is 0 Å². The van der Waals surface area contributed by atoms with Gasteiger partial charge in [-0.2, -0.15) is 0 Å². The van der Waals surface area contributed by atoms with Gasteiger partial charge in [-0.25, -0.2) is 4.39 Å². The summed E-state index contributed by atoms with van der Waals surface area (Å²) in [4.78, 5) is 14.2. The maximum absolute atomic E-state index is 13.2. The molecule has 3 rings (SSSR count). The monoisotopic (exact) mass is 271 g/mol. The maximum atomic E-state index is 13.2. The Hall–Kier alpha value is -2.36. The van der Waals surface area contributed by atoms with Crippen molar-refractivity contribution in [1.29, 1.82) is 0 Å². The van der Waals surface area contributed by atoms with E-state index in [0.717, 1.165) is 11.3 Å². The highest BCUT2D eigenvalue weighted by atomic mass is 19.1. The fraction of sp³-hybridized carbons (Fsp3) is 0.188. The van der Waals surface area contributed by atoms with E-state index in [2.05, 4.69) is 0 Å². The van der Waals surface area contributed by atoms with Crippen molar-refractivity contribution in [2.45, 2.75) is 6.42 Å². The van der Waals surface area contributed by atoms with E-state index < -0.39 is 0 Å². The third-order valence-electron chi connectivity index (χ3n) is 3.50. The number of rotatable bonds is 2. The first kappa shape index (κ1) is 12.7. The average Bonchev–Trinajstić information content (AvgIpc) is 2.89. The number of hydrogen-bond acceptors (Lipinski definition) is 2. The zero-order valence-corrected chi connectivity index (χ0v) is 11.1. The Balaban J connectivity index is 1.93. The first-order valence-corrected chi connectivity index (χ1v) is 6.43. The minimum Gasteiger partial charge on any atom is -0.497 e. The molecule has 102 valence electrons. The number of ether oxygens (including phenoxy) is 1. The van der Waals surface area contributed by atoms with E-state index in [9.17, 15) is 9.18 Å². The smallest absolute Gasteiger partial charge is 0.258 e. The van der Waals surface area contributed by atoms with Crippen LogP contribution in [0.3, 0.4) is 0 Å². The van der Waals surface area contributed by atoms with Crippen LogP contribution >= 0.6 is 0 Å². The maximum Gasteiger partial charge on any atom is 0.258 e. The minimum absolute atomic E-state index is 0.0886. The van der Waals surface area contributed by atoms with Crippen LogP contribution in [0, 0.1) is 5.82 Å². The molecule has 0 fully saturated rings. The quantitative estimate of drug-likeness (QED) is 0.840. The van der Waals surface area contributed by atoms with Crippen molar-refractivity contribution >= 4 is 11.6 Å². The first-order chi connectivity index (χ1) is 9.69. The second-order valence-electron chi connectivity index (χ2n) is 4.71. The lowest BCUT2D eigenvalue weighted by Gasteiger charge is -2.17. The van der Waals surface area contributed by atoms with E-state index >= 15 is 0 Å². The third kappa shape index (κ3) is 2.13. The topological polar surface area (TPSA) is 29.5 Å². The highest BCUT2D eigenvalue weighted by molar-refractivity contribution is 6.07. The first-order valence-electron chi connectivity index (χ1n) is 6.43. The molecular weight excluding hydrogens is 257 g/mol.